The number of hydrogen-bond donors (Lipinski definition) is 0. The lowest BCUT2D eigenvalue weighted by Crippen LogP contribution is -2.05. The number of pyridine rings is 1. The summed E-state index contributed by atoms with van der Waals surface area (Å²) in [7, 11) is 1.41. The van der Waals surface area contributed by atoms with Crippen molar-refractivity contribution in [3.63, 3.8) is 0 Å². The summed E-state index contributed by atoms with van der Waals surface area (Å²) in [5, 5.41) is 0. The van der Waals surface area contributed by atoms with Crippen LogP contribution in [0.5, 0.6) is 5.75 Å². The molecule has 0 unspecified atom stereocenters. The van der Waals surface area contributed by atoms with Gasteiger partial charge in [0.15, 0.2) is 11.6 Å². The number of ether oxygens (including phenoxy) is 1. The van der Waals surface area contributed by atoms with Crippen molar-refractivity contribution in [1.82, 2.24) is 4.98 Å². The number of aromatic nitrogens is 1. The molecule has 1 aromatic carbocycles. The molecule has 2 rings (SSSR count). The van der Waals surface area contributed by atoms with Crippen LogP contribution in [0.4, 0.5) is 4.39 Å². The van der Waals surface area contributed by atoms with Crippen LogP contribution in [0.15, 0.2) is 42.7 Å². The number of halogens is 1. The van der Waals surface area contributed by atoms with E-state index < -0.39 is 5.82 Å². The largest absolute Gasteiger partial charge is 0.494 e. The molecular weight excluding hydrogens is 257 g/mol. The van der Waals surface area contributed by atoms with E-state index in [1.165, 1.54) is 13.2 Å². The maximum atomic E-state index is 13.5. The molecule has 0 fully saturated rings. The summed E-state index contributed by atoms with van der Waals surface area (Å²) in [6.07, 6.45) is 4.78. The van der Waals surface area contributed by atoms with Crippen molar-refractivity contribution in [2.24, 2.45) is 0 Å². The molecule has 0 spiro atoms. The molecule has 0 atom stereocenters. The van der Waals surface area contributed by atoms with Gasteiger partial charge < -0.3 is 4.74 Å². The van der Waals surface area contributed by atoms with E-state index in [9.17, 15) is 9.18 Å². The molecule has 0 saturated heterocycles. The SMILES string of the molecule is COc1ccc(CC(=O)CCc2cccnc2)cc1F. The van der Waals surface area contributed by atoms with E-state index in [1.807, 2.05) is 12.1 Å². The van der Waals surface area contributed by atoms with E-state index in [2.05, 4.69) is 4.98 Å². The highest BCUT2D eigenvalue weighted by molar-refractivity contribution is 5.81. The Balaban J connectivity index is 1.90. The Bertz CT molecular complexity index is 584. The van der Waals surface area contributed by atoms with Crippen molar-refractivity contribution in [1.29, 1.82) is 0 Å². The van der Waals surface area contributed by atoms with E-state index in [4.69, 9.17) is 4.74 Å². The smallest absolute Gasteiger partial charge is 0.165 e. The molecule has 0 aliphatic heterocycles. The normalized spacial score (nSPS) is 10.3. The minimum atomic E-state index is -0.440. The average molecular weight is 273 g/mol. The van der Waals surface area contributed by atoms with Gasteiger partial charge in [0, 0.05) is 25.2 Å². The summed E-state index contributed by atoms with van der Waals surface area (Å²) in [6, 6.07) is 8.38. The van der Waals surface area contributed by atoms with E-state index in [1.54, 1.807) is 24.5 Å². The minimum absolute atomic E-state index is 0.0819. The first-order valence-electron chi connectivity index (χ1n) is 6.42. The summed E-state index contributed by atoms with van der Waals surface area (Å²) in [6.45, 7) is 0. The topological polar surface area (TPSA) is 39.2 Å². The molecule has 0 bridgehead atoms. The minimum Gasteiger partial charge on any atom is -0.494 e. The van der Waals surface area contributed by atoms with Gasteiger partial charge in [-0.25, -0.2) is 4.39 Å². The van der Waals surface area contributed by atoms with Gasteiger partial charge in [-0.2, -0.15) is 0 Å². The lowest BCUT2D eigenvalue weighted by atomic mass is 10.0. The van der Waals surface area contributed by atoms with Crippen molar-refractivity contribution in [3.05, 3.63) is 59.7 Å². The Labute approximate surface area is 117 Å². The maximum absolute atomic E-state index is 13.5. The third-order valence-corrected chi connectivity index (χ3v) is 3.03. The molecule has 0 N–H and O–H groups in total. The molecule has 0 aliphatic carbocycles. The van der Waals surface area contributed by atoms with Gasteiger partial charge in [-0.3, -0.25) is 9.78 Å². The third kappa shape index (κ3) is 3.88. The van der Waals surface area contributed by atoms with Gasteiger partial charge in [-0.15, -0.1) is 0 Å². The number of rotatable bonds is 6. The molecule has 0 saturated carbocycles. The van der Waals surface area contributed by atoms with Crippen LogP contribution in [0.2, 0.25) is 0 Å². The molecule has 0 amide bonds. The lowest BCUT2D eigenvalue weighted by Gasteiger charge is -2.05. The number of nitrogens with zero attached hydrogens (tertiary/aromatic N) is 1. The van der Waals surface area contributed by atoms with E-state index >= 15 is 0 Å². The van der Waals surface area contributed by atoms with Gasteiger partial charge >= 0.3 is 0 Å². The lowest BCUT2D eigenvalue weighted by molar-refractivity contribution is -0.118. The van der Waals surface area contributed by atoms with Crippen molar-refractivity contribution in [2.75, 3.05) is 7.11 Å². The summed E-state index contributed by atoms with van der Waals surface area (Å²) in [5.41, 5.74) is 1.70. The van der Waals surface area contributed by atoms with Crippen molar-refractivity contribution >= 4 is 5.78 Å². The third-order valence-electron chi connectivity index (χ3n) is 3.03. The number of ketones is 1. The maximum Gasteiger partial charge on any atom is 0.165 e. The summed E-state index contributed by atoms with van der Waals surface area (Å²) in [5.74, 6) is -0.167. The van der Waals surface area contributed by atoms with Crippen LogP contribution in [0, 0.1) is 5.82 Å². The van der Waals surface area contributed by atoms with Crippen LogP contribution in [0.3, 0.4) is 0 Å². The zero-order valence-corrected chi connectivity index (χ0v) is 11.3. The molecule has 0 aliphatic rings. The second kappa shape index (κ2) is 6.80. The number of hydrogen-bond acceptors (Lipinski definition) is 3. The highest BCUT2D eigenvalue weighted by Crippen LogP contribution is 2.18. The number of aryl methyl sites for hydroxylation is 1. The zero-order valence-electron chi connectivity index (χ0n) is 11.3. The summed E-state index contributed by atoms with van der Waals surface area (Å²) < 4.78 is 18.4. The average Bonchev–Trinajstić information content (AvgIpc) is 2.46. The van der Waals surface area contributed by atoms with Crippen LogP contribution < -0.4 is 4.74 Å². The Kier molecular flexibility index (Phi) is 4.82. The Morgan fingerprint density at radius 1 is 1.30 bits per heavy atom. The molecule has 3 nitrogen and oxygen atoms in total. The second-order valence-corrected chi connectivity index (χ2v) is 4.55. The first kappa shape index (κ1) is 14.2. The van der Waals surface area contributed by atoms with Crippen LogP contribution in [0.1, 0.15) is 17.5 Å². The van der Waals surface area contributed by atoms with Gasteiger partial charge in [0.2, 0.25) is 0 Å². The summed E-state index contributed by atoms with van der Waals surface area (Å²) in [4.78, 5) is 15.9. The molecule has 0 radical (unpaired) electrons. The first-order chi connectivity index (χ1) is 9.69. The molecule has 4 heteroatoms. The van der Waals surface area contributed by atoms with E-state index in [0.717, 1.165) is 5.56 Å². The number of carbonyl (C=O) groups is 1. The first-order valence-corrected chi connectivity index (χ1v) is 6.42. The highest BCUT2D eigenvalue weighted by atomic mass is 19.1. The quantitative estimate of drug-likeness (QED) is 0.812. The van der Waals surface area contributed by atoms with Gasteiger partial charge in [0.1, 0.15) is 5.78 Å². The molecular formula is C16H16FNO2. The van der Waals surface area contributed by atoms with Gasteiger partial charge in [0.05, 0.1) is 7.11 Å². The van der Waals surface area contributed by atoms with Crippen LogP contribution in [-0.2, 0) is 17.6 Å². The van der Waals surface area contributed by atoms with Crippen LogP contribution >= 0.6 is 0 Å². The number of benzene rings is 1. The number of carbonyl (C=O) groups excluding carboxylic acids is 1. The molecule has 1 heterocycles. The molecule has 1 aromatic heterocycles. The standard InChI is InChI=1S/C16H16FNO2/c1-20-16-7-5-13(10-15(16)17)9-14(19)6-4-12-3-2-8-18-11-12/h2-3,5,7-8,10-11H,4,6,9H2,1H3. The number of Topliss-reactive ketones (excluding diaryl/α,β-unsaturated/α-hetero) is 1. The predicted octanol–water partition coefficient (Wildman–Crippen LogP) is 2.97. The number of methoxy groups -OCH3 is 1. The Morgan fingerprint density at radius 2 is 2.15 bits per heavy atom. The monoisotopic (exact) mass is 273 g/mol. The van der Waals surface area contributed by atoms with Crippen LogP contribution in [0.25, 0.3) is 0 Å². The Hall–Kier alpha value is -2.23. The molecule has 104 valence electrons. The van der Waals surface area contributed by atoms with Crippen molar-refractivity contribution in [3.8, 4) is 5.75 Å². The Morgan fingerprint density at radius 3 is 2.80 bits per heavy atom. The highest BCUT2D eigenvalue weighted by Gasteiger charge is 2.08. The fourth-order valence-electron chi connectivity index (χ4n) is 1.97. The van der Waals surface area contributed by atoms with Crippen LogP contribution in [-0.4, -0.2) is 17.9 Å². The van der Waals surface area contributed by atoms with Gasteiger partial charge in [0.25, 0.3) is 0 Å². The van der Waals surface area contributed by atoms with Crippen molar-refractivity contribution in [2.45, 2.75) is 19.3 Å². The fourth-order valence-corrected chi connectivity index (χ4v) is 1.97. The fraction of sp³-hybridized carbons (Fsp3) is 0.250. The zero-order chi connectivity index (χ0) is 14.4. The van der Waals surface area contributed by atoms with E-state index in [0.29, 0.717) is 18.4 Å². The summed E-state index contributed by atoms with van der Waals surface area (Å²) >= 11 is 0. The van der Waals surface area contributed by atoms with Crippen molar-refractivity contribution < 1.29 is 13.9 Å². The predicted molar refractivity (Wildman–Crippen MR) is 74.2 cm³/mol. The van der Waals surface area contributed by atoms with Gasteiger partial charge in [-0.1, -0.05) is 12.1 Å². The van der Waals surface area contributed by atoms with E-state index in [-0.39, 0.29) is 18.0 Å². The molecule has 2 aromatic rings. The van der Waals surface area contributed by atoms with Gasteiger partial charge in [-0.05, 0) is 35.7 Å². The second-order valence-electron chi connectivity index (χ2n) is 4.55. The molecule has 20 heavy (non-hydrogen) atoms.